The van der Waals surface area contributed by atoms with Crippen molar-refractivity contribution in [1.29, 1.82) is 0 Å². The van der Waals surface area contributed by atoms with Crippen molar-refractivity contribution >= 4 is 6.29 Å². The second kappa shape index (κ2) is 6.65. The fourth-order valence-electron chi connectivity index (χ4n) is 1.11. The Kier molecular flexibility index (Phi) is 5.86. The topological polar surface area (TPSA) is 35.5 Å². The summed E-state index contributed by atoms with van der Waals surface area (Å²) in [5.74, 6) is 0.819. The third-order valence-corrected chi connectivity index (χ3v) is 1.71. The van der Waals surface area contributed by atoms with E-state index in [1.54, 1.807) is 13.0 Å². The van der Waals surface area contributed by atoms with E-state index >= 15 is 0 Å². The van der Waals surface area contributed by atoms with Gasteiger partial charge in [-0.2, -0.15) is 0 Å². The minimum atomic E-state index is 0.326. The average Bonchev–Trinajstić information content (AvgIpc) is 2.22. The first-order chi connectivity index (χ1) is 7.12. The lowest BCUT2D eigenvalue weighted by Crippen LogP contribution is -2.02. The molecular weight excluding hydrogens is 192 g/mol. The molecule has 0 aromatic carbocycles. The molecular formula is C12H16O3. The van der Waals surface area contributed by atoms with Gasteiger partial charge in [0, 0.05) is 0 Å². The number of hydrogen-bond donors (Lipinski definition) is 0. The van der Waals surface area contributed by atoms with Crippen LogP contribution < -0.4 is 0 Å². The molecule has 3 heteroatoms. The van der Waals surface area contributed by atoms with Gasteiger partial charge >= 0.3 is 0 Å². The van der Waals surface area contributed by atoms with Gasteiger partial charge in [0.15, 0.2) is 6.29 Å². The van der Waals surface area contributed by atoms with Gasteiger partial charge in [-0.15, -0.1) is 0 Å². The Morgan fingerprint density at radius 1 is 1.27 bits per heavy atom. The van der Waals surface area contributed by atoms with Gasteiger partial charge in [-0.3, -0.25) is 4.79 Å². The molecule has 0 saturated heterocycles. The highest BCUT2D eigenvalue weighted by Gasteiger charge is 2.12. The van der Waals surface area contributed by atoms with E-state index in [1.807, 2.05) is 0 Å². The van der Waals surface area contributed by atoms with Crippen LogP contribution in [-0.2, 0) is 14.3 Å². The third-order valence-electron chi connectivity index (χ3n) is 1.71. The zero-order chi connectivity index (χ0) is 11.8. The fraction of sp³-hybridized carbons (Fsp3) is 0.250. The molecule has 3 nitrogen and oxygen atoms in total. The lowest BCUT2D eigenvalue weighted by Gasteiger charge is -2.11. The predicted molar refractivity (Wildman–Crippen MR) is 60.2 cm³/mol. The van der Waals surface area contributed by atoms with Crippen molar-refractivity contribution in [3.05, 3.63) is 48.0 Å². The molecule has 0 spiro atoms. The molecule has 0 aromatic heterocycles. The molecule has 0 radical (unpaired) electrons. The van der Waals surface area contributed by atoms with Gasteiger partial charge in [-0.05, 0) is 18.6 Å². The fourth-order valence-corrected chi connectivity index (χ4v) is 1.11. The molecule has 0 aliphatic carbocycles. The monoisotopic (exact) mass is 208 g/mol. The number of allylic oxidation sites excluding steroid dienone is 4. The molecule has 0 atom stereocenters. The van der Waals surface area contributed by atoms with E-state index < -0.39 is 0 Å². The summed E-state index contributed by atoms with van der Waals surface area (Å²) in [4.78, 5) is 11.0. The summed E-state index contributed by atoms with van der Waals surface area (Å²) in [5, 5.41) is 0. The summed E-state index contributed by atoms with van der Waals surface area (Å²) in [6.45, 7) is 9.01. The number of hydrogen-bond acceptors (Lipinski definition) is 3. The molecule has 0 fully saturated rings. The van der Waals surface area contributed by atoms with E-state index in [0.29, 0.717) is 29.0 Å². The Balaban J connectivity index is 5.52. The van der Waals surface area contributed by atoms with Crippen LogP contribution in [0.3, 0.4) is 0 Å². The Hall–Kier alpha value is -1.77. The van der Waals surface area contributed by atoms with Gasteiger partial charge < -0.3 is 9.47 Å². The van der Waals surface area contributed by atoms with Gasteiger partial charge in [-0.1, -0.05) is 19.2 Å². The van der Waals surface area contributed by atoms with Crippen molar-refractivity contribution in [1.82, 2.24) is 0 Å². The van der Waals surface area contributed by atoms with Crippen LogP contribution in [-0.4, -0.2) is 20.5 Å². The molecule has 0 unspecified atom stereocenters. The van der Waals surface area contributed by atoms with Gasteiger partial charge in [0.05, 0.1) is 19.8 Å². The zero-order valence-electron chi connectivity index (χ0n) is 9.37. The number of aldehydes is 1. The minimum Gasteiger partial charge on any atom is -0.496 e. The number of methoxy groups -OCH3 is 2. The normalized spacial score (nSPS) is 12.6. The molecule has 0 bridgehead atoms. The maximum absolute atomic E-state index is 11.0. The van der Waals surface area contributed by atoms with Crippen LogP contribution >= 0.6 is 0 Å². The van der Waals surface area contributed by atoms with Crippen molar-refractivity contribution < 1.29 is 14.3 Å². The summed E-state index contributed by atoms with van der Waals surface area (Å²) in [7, 11) is 2.96. The van der Waals surface area contributed by atoms with E-state index in [0.717, 1.165) is 0 Å². The van der Waals surface area contributed by atoms with Crippen LogP contribution in [0.4, 0.5) is 0 Å². The summed E-state index contributed by atoms with van der Waals surface area (Å²) in [6, 6.07) is 0. The van der Waals surface area contributed by atoms with Crippen molar-refractivity contribution in [3.63, 3.8) is 0 Å². The van der Waals surface area contributed by atoms with E-state index in [9.17, 15) is 4.79 Å². The minimum absolute atomic E-state index is 0.326. The number of rotatable bonds is 6. The quantitative estimate of drug-likeness (QED) is 0.291. The smallest absolute Gasteiger partial charge is 0.157 e. The van der Waals surface area contributed by atoms with Gasteiger partial charge in [0.25, 0.3) is 0 Å². The molecule has 0 amide bonds. The summed E-state index contributed by atoms with van der Waals surface area (Å²) < 4.78 is 10.1. The SMILES string of the molecule is C=CC=C(OC)C(C=O)=C(OC)C(=C)C. The van der Waals surface area contributed by atoms with E-state index in [4.69, 9.17) is 9.47 Å². The molecule has 82 valence electrons. The summed E-state index contributed by atoms with van der Waals surface area (Å²) >= 11 is 0. The van der Waals surface area contributed by atoms with Crippen LogP contribution in [0, 0.1) is 0 Å². The van der Waals surface area contributed by atoms with E-state index in [1.165, 1.54) is 20.3 Å². The number of carbonyl (C=O) groups is 1. The lowest BCUT2D eigenvalue weighted by atomic mass is 10.1. The van der Waals surface area contributed by atoms with Crippen molar-refractivity contribution in [2.75, 3.05) is 14.2 Å². The first-order valence-corrected chi connectivity index (χ1v) is 4.38. The molecule has 15 heavy (non-hydrogen) atoms. The average molecular weight is 208 g/mol. The number of ether oxygens (including phenoxy) is 2. The molecule has 0 N–H and O–H groups in total. The van der Waals surface area contributed by atoms with Gasteiger partial charge in [-0.25, -0.2) is 0 Å². The maximum atomic E-state index is 11.0. The van der Waals surface area contributed by atoms with Gasteiger partial charge in [0.2, 0.25) is 0 Å². The molecule has 0 heterocycles. The molecule has 0 aliphatic rings. The Labute approximate surface area is 90.4 Å². The van der Waals surface area contributed by atoms with Crippen LogP contribution in [0.1, 0.15) is 6.92 Å². The first kappa shape index (κ1) is 13.2. The van der Waals surface area contributed by atoms with Gasteiger partial charge in [0.1, 0.15) is 11.5 Å². The Morgan fingerprint density at radius 3 is 2.13 bits per heavy atom. The first-order valence-electron chi connectivity index (χ1n) is 4.38. The highest BCUT2D eigenvalue weighted by molar-refractivity contribution is 5.81. The lowest BCUT2D eigenvalue weighted by molar-refractivity contribution is -0.105. The second-order valence-corrected chi connectivity index (χ2v) is 2.82. The van der Waals surface area contributed by atoms with E-state index in [-0.39, 0.29) is 0 Å². The number of carbonyl (C=O) groups excluding carboxylic acids is 1. The zero-order valence-corrected chi connectivity index (χ0v) is 9.37. The van der Waals surface area contributed by atoms with Crippen LogP contribution in [0.5, 0.6) is 0 Å². The highest BCUT2D eigenvalue weighted by atomic mass is 16.5. The third kappa shape index (κ3) is 3.46. The molecule has 0 saturated carbocycles. The highest BCUT2D eigenvalue weighted by Crippen LogP contribution is 2.19. The standard InChI is InChI=1S/C12H16O3/c1-6-7-11(14-4)10(8-13)12(15-5)9(2)3/h6-8H,1-2H2,3-5H3. The largest absolute Gasteiger partial charge is 0.496 e. The van der Waals surface area contributed by atoms with Crippen molar-refractivity contribution in [3.8, 4) is 0 Å². The Bertz CT molecular complexity index is 322. The van der Waals surface area contributed by atoms with Crippen molar-refractivity contribution in [2.24, 2.45) is 0 Å². The van der Waals surface area contributed by atoms with Crippen LogP contribution in [0.25, 0.3) is 0 Å². The summed E-state index contributed by atoms with van der Waals surface area (Å²) in [5.41, 5.74) is 0.985. The van der Waals surface area contributed by atoms with Crippen LogP contribution in [0.2, 0.25) is 0 Å². The molecule has 0 aliphatic heterocycles. The molecule has 0 aromatic rings. The van der Waals surface area contributed by atoms with E-state index in [2.05, 4.69) is 13.2 Å². The van der Waals surface area contributed by atoms with Crippen LogP contribution in [0.15, 0.2) is 48.0 Å². The Morgan fingerprint density at radius 2 is 1.87 bits per heavy atom. The second-order valence-electron chi connectivity index (χ2n) is 2.82. The maximum Gasteiger partial charge on any atom is 0.157 e. The predicted octanol–water partition coefficient (Wildman–Crippen LogP) is 2.38. The summed E-state index contributed by atoms with van der Waals surface area (Å²) in [6.07, 6.45) is 3.80. The van der Waals surface area contributed by atoms with Crippen molar-refractivity contribution in [2.45, 2.75) is 6.92 Å². The molecule has 0 rings (SSSR count).